The fraction of sp³-hybridized carbons (Fsp3) is 0.333. The number of amides is 2. The third-order valence-corrected chi connectivity index (χ3v) is 5.86. The first-order valence-electron chi connectivity index (χ1n) is 9.15. The maximum atomic E-state index is 12.2. The lowest BCUT2D eigenvalue weighted by Crippen LogP contribution is -2.24. The van der Waals surface area contributed by atoms with E-state index >= 15 is 0 Å². The molecule has 1 fully saturated rings. The lowest BCUT2D eigenvalue weighted by molar-refractivity contribution is -0.120. The van der Waals surface area contributed by atoms with Crippen LogP contribution in [0.3, 0.4) is 0 Å². The molecule has 2 amide bonds. The number of benzene rings is 2. The number of hydrogen-bond donors (Lipinski definition) is 2. The predicted molar refractivity (Wildman–Crippen MR) is 111 cm³/mol. The highest BCUT2D eigenvalue weighted by Crippen LogP contribution is 2.26. The van der Waals surface area contributed by atoms with Gasteiger partial charge in [-0.05, 0) is 54.8 Å². The molecule has 0 unspecified atom stereocenters. The van der Waals surface area contributed by atoms with Crippen LogP contribution < -0.4 is 10.6 Å². The molecule has 6 heteroatoms. The average Bonchev–Trinajstić information content (AvgIpc) is 3.21. The van der Waals surface area contributed by atoms with Gasteiger partial charge in [0.2, 0.25) is 11.8 Å². The van der Waals surface area contributed by atoms with Gasteiger partial charge < -0.3 is 10.6 Å². The molecule has 1 aliphatic carbocycles. The highest BCUT2D eigenvalue weighted by atomic mass is 35.5. The number of halogens is 1. The molecule has 2 aromatic rings. The van der Waals surface area contributed by atoms with Gasteiger partial charge in [0.05, 0.1) is 5.75 Å². The van der Waals surface area contributed by atoms with Crippen molar-refractivity contribution in [2.45, 2.75) is 37.1 Å². The Kier molecular flexibility index (Phi) is 7.18. The zero-order valence-electron chi connectivity index (χ0n) is 15.0. The molecule has 0 radical (unpaired) electrons. The minimum absolute atomic E-state index is 0.0321. The van der Waals surface area contributed by atoms with E-state index in [1.165, 1.54) is 11.8 Å². The molecule has 0 bridgehead atoms. The summed E-state index contributed by atoms with van der Waals surface area (Å²) in [6.45, 7) is 0.438. The van der Waals surface area contributed by atoms with Gasteiger partial charge in [0.25, 0.3) is 0 Å². The number of nitrogens with one attached hydrogen (secondary N) is 2. The number of anilines is 1. The molecule has 0 aliphatic heterocycles. The predicted octanol–water partition coefficient (Wildman–Crippen LogP) is 4.88. The Labute approximate surface area is 169 Å². The summed E-state index contributed by atoms with van der Waals surface area (Å²) in [7, 11) is 0. The topological polar surface area (TPSA) is 58.2 Å². The first-order chi connectivity index (χ1) is 13.1. The quantitative estimate of drug-likeness (QED) is 0.649. The van der Waals surface area contributed by atoms with Gasteiger partial charge in [-0.1, -0.05) is 36.6 Å². The van der Waals surface area contributed by atoms with Gasteiger partial charge in [-0.25, -0.2) is 0 Å². The lowest BCUT2D eigenvalue weighted by atomic mass is 10.1. The van der Waals surface area contributed by atoms with Crippen molar-refractivity contribution < 1.29 is 9.59 Å². The monoisotopic (exact) mass is 402 g/mol. The summed E-state index contributed by atoms with van der Waals surface area (Å²) < 4.78 is 0. The van der Waals surface area contributed by atoms with Crippen molar-refractivity contribution in [1.29, 1.82) is 0 Å². The molecule has 2 aromatic carbocycles. The molecule has 4 nitrogen and oxygen atoms in total. The number of thioether (sulfide) groups is 1. The Morgan fingerprint density at radius 1 is 1.07 bits per heavy atom. The normalized spacial score (nSPS) is 14.1. The first kappa shape index (κ1) is 19.8. The Morgan fingerprint density at radius 3 is 2.56 bits per heavy atom. The third-order valence-electron chi connectivity index (χ3n) is 4.59. The van der Waals surface area contributed by atoms with E-state index in [-0.39, 0.29) is 17.7 Å². The largest absolute Gasteiger partial charge is 0.351 e. The molecule has 2 N–H and O–H groups in total. The van der Waals surface area contributed by atoms with Gasteiger partial charge in [0.15, 0.2) is 0 Å². The molecule has 1 saturated carbocycles. The highest BCUT2D eigenvalue weighted by molar-refractivity contribution is 8.00. The molecule has 27 heavy (non-hydrogen) atoms. The van der Waals surface area contributed by atoms with Gasteiger partial charge in [-0.15, -0.1) is 11.8 Å². The maximum Gasteiger partial charge on any atom is 0.230 e. The molecule has 0 atom stereocenters. The average molecular weight is 403 g/mol. The standard InChI is InChI=1S/C21H23ClN2O2S/c22-17-8-10-19(11-9-17)27-14-20(25)23-13-15-4-3-7-18(12-15)24-21(26)16-5-1-2-6-16/h3-4,7-12,16H,1-2,5-6,13-14H2,(H,23,25)(H,24,26). The summed E-state index contributed by atoms with van der Waals surface area (Å²) in [5, 5.41) is 6.60. The van der Waals surface area contributed by atoms with Crippen molar-refractivity contribution in [3.05, 3.63) is 59.1 Å². The van der Waals surface area contributed by atoms with Crippen LogP contribution in [0, 0.1) is 5.92 Å². The second-order valence-corrected chi connectivity index (χ2v) is 8.18. The second kappa shape index (κ2) is 9.81. The van der Waals surface area contributed by atoms with Crippen molar-refractivity contribution in [3.8, 4) is 0 Å². The molecule has 3 rings (SSSR count). The second-order valence-electron chi connectivity index (χ2n) is 6.69. The summed E-state index contributed by atoms with van der Waals surface area (Å²) >= 11 is 7.33. The van der Waals surface area contributed by atoms with Crippen LogP contribution in [0.2, 0.25) is 5.02 Å². The van der Waals surface area contributed by atoms with Crippen LogP contribution in [0.5, 0.6) is 0 Å². The Balaban J connectivity index is 1.45. The van der Waals surface area contributed by atoms with Crippen LogP contribution in [0.15, 0.2) is 53.4 Å². The van der Waals surface area contributed by atoms with Crippen LogP contribution in [0.1, 0.15) is 31.2 Å². The van der Waals surface area contributed by atoms with E-state index in [9.17, 15) is 9.59 Å². The molecular weight excluding hydrogens is 380 g/mol. The van der Waals surface area contributed by atoms with E-state index in [0.29, 0.717) is 17.3 Å². The van der Waals surface area contributed by atoms with E-state index < -0.39 is 0 Å². The third kappa shape index (κ3) is 6.29. The number of hydrogen-bond acceptors (Lipinski definition) is 3. The van der Waals surface area contributed by atoms with E-state index in [0.717, 1.165) is 41.8 Å². The van der Waals surface area contributed by atoms with Crippen molar-refractivity contribution in [2.24, 2.45) is 5.92 Å². The van der Waals surface area contributed by atoms with Crippen LogP contribution in [0.25, 0.3) is 0 Å². The summed E-state index contributed by atoms with van der Waals surface area (Å²) in [4.78, 5) is 25.3. The van der Waals surface area contributed by atoms with Crippen molar-refractivity contribution in [3.63, 3.8) is 0 Å². The minimum atomic E-state index is -0.0321. The van der Waals surface area contributed by atoms with Gasteiger partial charge in [-0.3, -0.25) is 9.59 Å². The Bertz CT molecular complexity index is 789. The summed E-state index contributed by atoms with van der Waals surface area (Å²) in [6, 6.07) is 15.1. The smallest absolute Gasteiger partial charge is 0.230 e. The lowest BCUT2D eigenvalue weighted by Gasteiger charge is -2.12. The Morgan fingerprint density at radius 2 is 1.81 bits per heavy atom. The van der Waals surface area contributed by atoms with Gasteiger partial charge >= 0.3 is 0 Å². The molecule has 1 aliphatic rings. The van der Waals surface area contributed by atoms with Gasteiger partial charge in [0, 0.05) is 28.1 Å². The highest BCUT2D eigenvalue weighted by Gasteiger charge is 2.22. The number of carbonyl (C=O) groups excluding carboxylic acids is 2. The first-order valence-corrected chi connectivity index (χ1v) is 10.5. The van der Waals surface area contributed by atoms with Crippen molar-refractivity contribution in [1.82, 2.24) is 5.32 Å². The van der Waals surface area contributed by atoms with Crippen molar-refractivity contribution >= 4 is 40.9 Å². The zero-order chi connectivity index (χ0) is 19.1. The van der Waals surface area contributed by atoms with Gasteiger partial charge in [0.1, 0.15) is 0 Å². The van der Waals surface area contributed by atoms with E-state index in [2.05, 4.69) is 10.6 Å². The molecule has 0 spiro atoms. The van der Waals surface area contributed by atoms with E-state index in [4.69, 9.17) is 11.6 Å². The molecule has 142 valence electrons. The minimum Gasteiger partial charge on any atom is -0.351 e. The van der Waals surface area contributed by atoms with Crippen LogP contribution in [-0.2, 0) is 16.1 Å². The van der Waals surface area contributed by atoms with Crippen molar-refractivity contribution in [2.75, 3.05) is 11.1 Å². The summed E-state index contributed by atoms with van der Waals surface area (Å²) in [5.74, 6) is 0.557. The summed E-state index contributed by atoms with van der Waals surface area (Å²) in [6.07, 6.45) is 4.23. The molecule has 0 heterocycles. The van der Waals surface area contributed by atoms with Crippen LogP contribution in [0.4, 0.5) is 5.69 Å². The number of rotatable bonds is 7. The van der Waals surface area contributed by atoms with E-state index in [1.807, 2.05) is 48.5 Å². The number of carbonyl (C=O) groups is 2. The SMILES string of the molecule is O=C(CSc1ccc(Cl)cc1)NCc1cccc(NC(=O)C2CCCC2)c1. The molecular formula is C21H23ClN2O2S. The fourth-order valence-corrected chi connectivity index (χ4v) is 3.98. The summed E-state index contributed by atoms with van der Waals surface area (Å²) in [5.41, 5.74) is 1.75. The fourth-order valence-electron chi connectivity index (χ4n) is 3.12. The Hall–Kier alpha value is -1.98. The van der Waals surface area contributed by atoms with E-state index in [1.54, 1.807) is 0 Å². The molecule has 0 saturated heterocycles. The molecule has 0 aromatic heterocycles. The van der Waals surface area contributed by atoms with Crippen LogP contribution in [-0.4, -0.2) is 17.6 Å². The maximum absolute atomic E-state index is 12.2. The zero-order valence-corrected chi connectivity index (χ0v) is 16.6. The van der Waals surface area contributed by atoms with Gasteiger partial charge in [-0.2, -0.15) is 0 Å². The van der Waals surface area contributed by atoms with Crippen LogP contribution >= 0.6 is 23.4 Å².